The van der Waals surface area contributed by atoms with Gasteiger partial charge in [0, 0.05) is 72.5 Å². The Morgan fingerprint density at radius 1 is 0.486 bits per heavy atom. The van der Waals surface area contributed by atoms with Crippen molar-refractivity contribution in [2.45, 2.75) is 61.5 Å². The lowest BCUT2D eigenvalue weighted by molar-refractivity contribution is 0.390. The third kappa shape index (κ3) is 11.5. The Labute approximate surface area is 426 Å². The number of methoxy groups -OCH3 is 4. The lowest BCUT2D eigenvalue weighted by Gasteiger charge is -2.20. The van der Waals surface area contributed by atoms with Crippen LogP contribution in [0, 0.1) is 0 Å². The van der Waals surface area contributed by atoms with E-state index in [9.17, 15) is 16.8 Å². The summed E-state index contributed by atoms with van der Waals surface area (Å²) in [4.78, 5) is 25.1. The summed E-state index contributed by atoms with van der Waals surface area (Å²) in [5.74, 6) is 2.10. The number of ether oxygens (including phenoxy) is 4. The molecule has 0 spiro atoms. The van der Waals surface area contributed by atoms with Crippen LogP contribution in [0.4, 0.5) is 0 Å². The van der Waals surface area contributed by atoms with Crippen molar-refractivity contribution in [2.24, 2.45) is 0 Å². The number of hydrogen-bond acceptors (Lipinski definition) is 18. The monoisotopic (exact) mass is 1060 g/mol. The quantitative estimate of drug-likeness (QED) is 0.0795. The SMILES string of the molecule is COc1cccc(OC)c1-n1c(CS(=O)(=O)[C@@H](C)[C@H](C)c2ncc(Cl)cn2)nnc1-c1cccnc1.COc1cccc(OC)c1-n1c(CS(=O)(=O)[C@H](C)[C@@H](C)c2ncc(Cl)cn2)nnc1-c1cccnc1. The lowest BCUT2D eigenvalue weighted by atomic mass is 10.1. The van der Waals surface area contributed by atoms with Gasteiger partial charge in [0.1, 0.15) is 57.5 Å². The van der Waals surface area contributed by atoms with Crippen LogP contribution in [0.2, 0.25) is 10.0 Å². The van der Waals surface area contributed by atoms with Crippen LogP contribution in [0.15, 0.2) is 110 Å². The van der Waals surface area contributed by atoms with Crippen LogP contribution in [-0.4, -0.2) is 115 Å². The van der Waals surface area contributed by atoms with Crippen LogP contribution in [0.3, 0.4) is 0 Å². The fraction of sp³-hybridized carbons (Fsp3) is 0.292. The molecule has 0 amide bonds. The molecule has 0 aliphatic rings. The van der Waals surface area contributed by atoms with Gasteiger partial charge in [0.2, 0.25) is 0 Å². The molecule has 8 rings (SSSR count). The van der Waals surface area contributed by atoms with E-state index in [-0.39, 0.29) is 23.2 Å². The highest BCUT2D eigenvalue weighted by Crippen LogP contribution is 2.39. The summed E-state index contributed by atoms with van der Waals surface area (Å²) in [6.07, 6.45) is 12.3. The van der Waals surface area contributed by atoms with E-state index in [4.69, 9.17) is 42.1 Å². The number of pyridine rings is 2. The van der Waals surface area contributed by atoms with Crippen molar-refractivity contribution < 1.29 is 35.8 Å². The largest absolute Gasteiger partial charge is 0.494 e. The molecule has 6 aromatic heterocycles. The second-order valence-corrected chi connectivity index (χ2v) is 21.8. The number of nitrogens with zero attached hydrogens (tertiary/aromatic N) is 12. The molecule has 0 aliphatic heterocycles. The Balaban J connectivity index is 0.000000211. The Kier molecular flexibility index (Phi) is 16.8. The van der Waals surface area contributed by atoms with Gasteiger partial charge in [-0.05, 0) is 62.4 Å². The van der Waals surface area contributed by atoms with Crippen LogP contribution >= 0.6 is 23.2 Å². The topological polar surface area (TPSA) is 244 Å². The highest BCUT2D eigenvalue weighted by atomic mass is 35.5. The highest BCUT2D eigenvalue weighted by Gasteiger charge is 2.35. The molecule has 2 aromatic carbocycles. The van der Waals surface area contributed by atoms with Gasteiger partial charge >= 0.3 is 0 Å². The molecule has 24 heteroatoms. The van der Waals surface area contributed by atoms with Crippen molar-refractivity contribution in [1.82, 2.24) is 59.4 Å². The first-order valence-corrected chi connectivity index (χ1v) is 26.2. The average molecular weight is 1060 g/mol. The molecule has 0 bridgehead atoms. The average Bonchev–Trinajstić information content (AvgIpc) is 4.01. The van der Waals surface area contributed by atoms with E-state index in [0.717, 1.165) is 0 Å². The third-order valence-electron chi connectivity index (χ3n) is 11.8. The minimum absolute atomic E-state index is 0.202. The first kappa shape index (κ1) is 52.7. The third-order valence-corrected chi connectivity index (χ3v) is 16.6. The van der Waals surface area contributed by atoms with Crippen molar-refractivity contribution in [1.29, 1.82) is 0 Å². The summed E-state index contributed by atoms with van der Waals surface area (Å²) in [5.41, 5.74) is 2.27. The summed E-state index contributed by atoms with van der Waals surface area (Å²) < 4.78 is 80.0. The zero-order valence-corrected chi connectivity index (χ0v) is 43.5. The summed E-state index contributed by atoms with van der Waals surface area (Å²) in [6, 6.07) is 17.7. The van der Waals surface area contributed by atoms with Gasteiger partial charge in [-0.15, -0.1) is 20.4 Å². The minimum Gasteiger partial charge on any atom is -0.494 e. The summed E-state index contributed by atoms with van der Waals surface area (Å²) >= 11 is 11.8. The summed E-state index contributed by atoms with van der Waals surface area (Å²) in [5, 5.41) is 16.3. The van der Waals surface area contributed by atoms with Crippen LogP contribution in [0.5, 0.6) is 23.0 Å². The van der Waals surface area contributed by atoms with Crippen molar-refractivity contribution >= 4 is 42.9 Å². The molecule has 0 fully saturated rings. The number of para-hydroxylation sites is 2. The molecule has 0 aliphatic carbocycles. The van der Waals surface area contributed by atoms with Crippen LogP contribution < -0.4 is 18.9 Å². The zero-order chi connectivity index (χ0) is 51.7. The number of halogens is 2. The van der Waals surface area contributed by atoms with E-state index in [1.807, 2.05) is 12.1 Å². The van der Waals surface area contributed by atoms with Gasteiger partial charge in [0.05, 0.1) is 49.0 Å². The van der Waals surface area contributed by atoms with E-state index in [1.54, 1.807) is 110 Å². The number of hydrogen-bond donors (Lipinski definition) is 0. The Bertz CT molecular complexity index is 3070. The number of aromatic nitrogens is 12. The van der Waals surface area contributed by atoms with Crippen molar-refractivity contribution in [3.8, 4) is 57.1 Å². The van der Waals surface area contributed by atoms with Gasteiger partial charge in [0.15, 0.2) is 43.0 Å². The molecule has 20 nitrogen and oxygen atoms in total. The van der Waals surface area contributed by atoms with Gasteiger partial charge in [-0.2, -0.15) is 0 Å². The van der Waals surface area contributed by atoms with E-state index in [0.29, 0.717) is 78.8 Å². The molecule has 4 atom stereocenters. The molecule has 0 saturated heterocycles. The van der Waals surface area contributed by atoms with E-state index >= 15 is 0 Å². The zero-order valence-electron chi connectivity index (χ0n) is 40.3. The Morgan fingerprint density at radius 2 is 0.819 bits per heavy atom. The van der Waals surface area contributed by atoms with Gasteiger partial charge in [0.25, 0.3) is 0 Å². The first-order chi connectivity index (χ1) is 34.5. The molecule has 6 heterocycles. The van der Waals surface area contributed by atoms with Gasteiger partial charge < -0.3 is 18.9 Å². The minimum atomic E-state index is -3.74. The van der Waals surface area contributed by atoms with Gasteiger partial charge in [-0.3, -0.25) is 19.1 Å². The van der Waals surface area contributed by atoms with Crippen molar-refractivity contribution in [2.75, 3.05) is 28.4 Å². The molecule has 0 saturated carbocycles. The van der Waals surface area contributed by atoms with Crippen LogP contribution in [0.25, 0.3) is 34.2 Å². The lowest BCUT2D eigenvalue weighted by Crippen LogP contribution is -2.27. The standard InChI is InChI=1S/2C24H25ClN6O4S/c2*1-15(23-27-12-18(25)13-28-23)16(2)36(32,33)14-21-29-30-24(17-7-6-10-26-11-17)31(21)22-19(34-3)8-5-9-20(22)35-4/h2*5-13,15-16H,14H2,1-4H3/t2*15-,16-/m10/s1. The second-order valence-electron chi connectivity index (χ2n) is 16.2. The first-order valence-electron chi connectivity index (χ1n) is 22.0. The normalized spacial score (nSPS) is 13.2. The maximum Gasteiger partial charge on any atom is 0.170 e. The Hall–Kier alpha value is -7.14. The van der Waals surface area contributed by atoms with E-state index in [2.05, 4.69) is 50.3 Å². The molecule has 72 heavy (non-hydrogen) atoms. The Morgan fingerprint density at radius 3 is 1.11 bits per heavy atom. The highest BCUT2D eigenvalue weighted by molar-refractivity contribution is 7.91. The smallest absolute Gasteiger partial charge is 0.170 e. The van der Waals surface area contributed by atoms with Crippen LogP contribution in [0.1, 0.15) is 62.8 Å². The molecule has 0 radical (unpaired) electrons. The molecule has 0 unspecified atom stereocenters. The number of benzene rings is 2. The predicted octanol–water partition coefficient (Wildman–Crippen LogP) is 7.79. The van der Waals surface area contributed by atoms with Crippen molar-refractivity contribution in [3.05, 3.63) is 144 Å². The molecule has 376 valence electrons. The van der Waals surface area contributed by atoms with E-state index in [1.165, 1.54) is 53.2 Å². The summed E-state index contributed by atoms with van der Waals surface area (Å²) in [7, 11) is -1.38. The molecular formula is C48H50Cl2N12O8S2. The molecular weight excluding hydrogens is 1010 g/mol. The fourth-order valence-corrected chi connectivity index (χ4v) is 10.8. The fourth-order valence-electron chi connectivity index (χ4n) is 7.54. The van der Waals surface area contributed by atoms with Crippen molar-refractivity contribution in [3.63, 3.8) is 0 Å². The van der Waals surface area contributed by atoms with Gasteiger partial charge in [-0.25, -0.2) is 36.8 Å². The maximum atomic E-state index is 13.6. The second kappa shape index (κ2) is 22.9. The number of rotatable bonds is 18. The maximum absolute atomic E-state index is 13.6. The molecule has 8 aromatic rings. The van der Waals surface area contributed by atoms with Crippen LogP contribution in [-0.2, 0) is 31.2 Å². The number of sulfone groups is 2. The molecule has 0 N–H and O–H groups in total. The predicted molar refractivity (Wildman–Crippen MR) is 270 cm³/mol. The van der Waals surface area contributed by atoms with Gasteiger partial charge in [-0.1, -0.05) is 49.2 Å². The summed E-state index contributed by atoms with van der Waals surface area (Å²) in [6.45, 7) is 6.79. The van der Waals surface area contributed by atoms with E-state index < -0.39 is 42.0 Å².